The molecular formula is C25H22F3N5O3. The van der Waals surface area contributed by atoms with Gasteiger partial charge in [0.05, 0.1) is 35.5 Å². The number of alkyl halides is 3. The van der Waals surface area contributed by atoms with Crippen molar-refractivity contribution >= 4 is 22.8 Å². The second kappa shape index (κ2) is 9.48. The summed E-state index contributed by atoms with van der Waals surface area (Å²) >= 11 is 0. The molecule has 1 N–H and O–H groups in total. The Morgan fingerprint density at radius 1 is 1.08 bits per heavy atom. The fourth-order valence-corrected chi connectivity index (χ4v) is 4.14. The molecule has 1 saturated heterocycles. The van der Waals surface area contributed by atoms with E-state index in [1.54, 1.807) is 18.5 Å². The summed E-state index contributed by atoms with van der Waals surface area (Å²) in [7, 11) is 1.32. The Morgan fingerprint density at radius 3 is 2.58 bits per heavy atom. The molecule has 186 valence electrons. The number of pyridine rings is 2. The van der Waals surface area contributed by atoms with Gasteiger partial charge in [0.2, 0.25) is 0 Å². The number of aromatic amines is 1. The zero-order valence-electron chi connectivity index (χ0n) is 19.2. The molecule has 1 aliphatic rings. The minimum absolute atomic E-state index is 0.0210. The molecule has 5 rings (SSSR count). The summed E-state index contributed by atoms with van der Waals surface area (Å²) in [5.74, 6) is 1.30. The smallest absolute Gasteiger partial charge is 0.416 e. The Hall–Kier alpha value is -4.15. The average Bonchev–Trinajstić information content (AvgIpc) is 3.32. The normalized spacial score (nSPS) is 14.7. The first-order valence-electron chi connectivity index (χ1n) is 11.3. The van der Waals surface area contributed by atoms with Crippen molar-refractivity contribution in [1.29, 1.82) is 0 Å². The largest absolute Gasteiger partial charge is 0.489 e. The number of H-pyrrole nitrogens is 1. The number of carbonyl (C=O) groups excluding carboxylic acids is 1. The van der Waals surface area contributed by atoms with Crippen molar-refractivity contribution in [3.63, 3.8) is 0 Å². The number of rotatable bonds is 5. The number of esters is 1. The number of aromatic nitrogens is 4. The van der Waals surface area contributed by atoms with Gasteiger partial charge in [-0.2, -0.15) is 13.2 Å². The van der Waals surface area contributed by atoms with E-state index in [2.05, 4.69) is 24.8 Å². The molecule has 11 heteroatoms. The molecule has 0 bridgehead atoms. The fourth-order valence-electron chi connectivity index (χ4n) is 4.14. The highest BCUT2D eigenvalue weighted by molar-refractivity contribution is 5.89. The van der Waals surface area contributed by atoms with Crippen LogP contribution in [0, 0.1) is 0 Å². The predicted molar refractivity (Wildman–Crippen MR) is 126 cm³/mol. The van der Waals surface area contributed by atoms with E-state index in [1.165, 1.54) is 19.4 Å². The lowest BCUT2D eigenvalue weighted by Gasteiger charge is -2.33. The van der Waals surface area contributed by atoms with Gasteiger partial charge in [0, 0.05) is 43.9 Å². The van der Waals surface area contributed by atoms with Crippen molar-refractivity contribution in [2.45, 2.75) is 25.1 Å². The number of nitrogens with zero attached hydrogens (tertiary/aromatic N) is 4. The molecule has 1 aliphatic heterocycles. The van der Waals surface area contributed by atoms with Crippen molar-refractivity contribution in [2.24, 2.45) is 0 Å². The Kier molecular flexibility index (Phi) is 6.21. The predicted octanol–water partition coefficient (Wildman–Crippen LogP) is 4.87. The molecule has 0 spiro atoms. The first-order chi connectivity index (χ1) is 17.3. The second-order valence-corrected chi connectivity index (χ2v) is 8.43. The molecule has 36 heavy (non-hydrogen) atoms. The minimum atomic E-state index is -4.42. The van der Waals surface area contributed by atoms with Crippen molar-refractivity contribution < 1.29 is 27.4 Å². The van der Waals surface area contributed by atoms with Crippen molar-refractivity contribution in [2.75, 3.05) is 25.1 Å². The molecule has 0 atom stereocenters. The van der Waals surface area contributed by atoms with Gasteiger partial charge < -0.3 is 19.4 Å². The van der Waals surface area contributed by atoms with E-state index in [-0.39, 0.29) is 11.6 Å². The molecule has 0 unspecified atom stereocenters. The lowest BCUT2D eigenvalue weighted by Crippen LogP contribution is -2.38. The molecule has 8 nitrogen and oxygen atoms in total. The fraction of sp³-hybridized carbons (Fsp3) is 0.280. The maximum absolute atomic E-state index is 13.0. The highest BCUT2D eigenvalue weighted by Crippen LogP contribution is 2.32. The van der Waals surface area contributed by atoms with Gasteiger partial charge in [-0.1, -0.05) is 0 Å². The first-order valence-corrected chi connectivity index (χ1v) is 11.3. The van der Waals surface area contributed by atoms with Crippen LogP contribution in [0.4, 0.5) is 19.0 Å². The van der Waals surface area contributed by atoms with E-state index in [0.717, 1.165) is 43.9 Å². The SMILES string of the molecule is COC(=O)c1cncc(OC2CCN(c3ccc(-c4nc5cc(C(F)(F)F)ccc5[nH]4)cn3)CC2)c1. The maximum Gasteiger partial charge on any atom is 0.416 e. The van der Waals surface area contributed by atoms with Crippen LogP contribution < -0.4 is 9.64 Å². The van der Waals surface area contributed by atoms with Crippen LogP contribution >= 0.6 is 0 Å². The van der Waals surface area contributed by atoms with Gasteiger partial charge in [0.25, 0.3) is 0 Å². The molecule has 0 aliphatic carbocycles. The Labute approximate surface area is 204 Å². The number of anilines is 1. The van der Waals surface area contributed by atoms with Gasteiger partial charge in [0.1, 0.15) is 23.5 Å². The number of benzene rings is 1. The van der Waals surface area contributed by atoms with Gasteiger partial charge in [-0.3, -0.25) is 4.98 Å². The molecule has 3 aromatic heterocycles. The highest BCUT2D eigenvalue weighted by Gasteiger charge is 2.31. The molecule has 0 amide bonds. The number of nitrogens with one attached hydrogen (secondary N) is 1. The van der Waals surface area contributed by atoms with Crippen LogP contribution in [0.2, 0.25) is 0 Å². The molecule has 4 heterocycles. The van der Waals surface area contributed by atoms with E-state index in [4.69, 9.17) is 9.47 Å². The number of hydrogen-bond acceptors (Lipinski definition) is 7. The van der Waals surface area contributed by atoms with E-state index >= 15 is 0 Å². The van der Waals surface area contributed by atoms with Crippen molar-refractivity contribution in [3.05, 3.63) is 66.1 Å². The summed E-state index contributed by atoms with van der Waals surface area (Å²) in [5, 5.41) is 0. The van der Waals surface area contributed by atoms with Crippen LogP contribution in [0.3, 0.4) is 0 Å². The molecule has 0 radical (unpaired) electrons. The van der Waals surface area contributed by atoms with Gasteiger partial charge in [0.15, 0.2) is 0 Å². The van der Waals surface area contributed by atoms with Gasteiger partial charge in [-0.25, -0.2) is 14.8 Å². The third kappa shape index (κ3) is 4.95. The number of carbonyl (C=O) groups is 1. The zero-order chi connectivity index (χ0) is 25.3. The zero-order valence-corrected chi connectivity index (χ0v) is 19.2. The standard InChI is InChI=1S/C25H22F3N5O3/c1-35-24(34)16-10-19(14-29-12-16)36-18-6-8-33(9-7-18)22-5-2-15(13-30-22)23-31-20-4-3-17(25(26,27)28)11-21(20)32-23/h2-5,10-14,18H,6-9H2,1H3,(H,31,32). The average molecular weight is 497 g/mol. The third-order valence-electron chi connectivity index (χ3n) is 6.03. The first kappa shape index (κ1) is 23.6. The van der Waals surface area contributed by atoms with E-state index in [0.29, 0.717) is 28.2 Å². The number of hydrogen-bond donors (Lipinski definition) is 1. The third-order valence-corrected chi connectivity index (χ3v) is 6.03. The summed E-state index contributed by atoms with van der Waals surface area (Å²) in [6.45, 7) is 1.46. The van der Waals surface area contributed by atoms with Gasteiger partial charge >= 0.3 is 12.1 Å². The molecule has 4 aromatic rings. The quantitative estimate of drug-likeness (QED) is 0.393. The number of ether oxygens (including phenoxy) is 2. The van der Waals surface area contributed by atoms with Gasteiger partial charge in [-0.05, 0) is 36.4 Å². The van der Waals surface area contributed by atoms with Crippen LogP contribution in [0.15, 0.2) is 55.0 Å². The summed E-state index contributed by atoms with van der Waals surface area (Å²) in [6, 6.07) is 8.78. The Balaban J connectivity index is 1.22. The topological polar surface area (TPSA) is 93.2 Å². The van der Waals surface area contributed by atoms with Gasteiger partial charge in [-0.15, -0.1) is 0 Å². The number of methoxy groups -OCH3 is 1. The summed E-state index contributed by atoms with van der Waals surface area (Å²) < 4.78 is 49.7. The molecule has 1 aromatic carbocycles. The van der Waals surface area contributed by atoms with Crippen molar-refractivity contribution in [1.82, 2.24) is 19.9 Å². The minimum Gasteiger partial charge on any atom is -0.489 e. The summed E-state index contributed by atoms with van der Waals surface area (Å²) in [6.07, 6.45) is 1.74. The van der Waals surface area contributed by atoms with Crippen LogP contribution in [0.5, 0.6) is 5.75 Å². The van der Waals surface area contributed by atoms with E-state index < -0.39 is 17.7 Å². The van der Waals surface area contributed by atoms with Crippen molar-refractivity contribution in [3.8, 4) is 17.1 Å². The van der Waals surface area contributed by atoms with Crippen LogP contribution in [0.25, 0.3) is 22.4 Å². The number of fused-ring (bicyclic) bond motifs is 1. The Bertz CT molecular complexity index is 1380. The number of halogens is 3. The summed E-state index contributed by atoms with van der Waals surface area (Å²) in [4.78, 5) is 29.8. The monoisotopic (exact) mass is 497 g/mol. The molecule has 1 fully saturated rings. The molecular weight excluding hydrogens is 475 g/mol. The highest BCUT2D eigenvalue weighted by atomic mass is 19.4. The van der Waals surface area contributed by atoms with Crippen LogP contribution in [-0.4, -0.2) is 52.2 Å². The lowest BCUT2D eigenvalue weighted by atomic mass is 10.1. The number of imidazole rings is 1. The molecule has 0 saturated carbocycles. The Morgan fingerprint density at radius 2 is 1.89 bits per heavy atom. The summed E-state index contributed by atoms with van der Waals surface area (Å²) in [5.41, 5.74) is 1.05. The van der Waals surface area contributed by atoms with Crippen LogP contribution in [0.1, 0.15) is 28.8 Å². The lowest BCUT2D eigenvalue weighted by molar-refractivity contribution is -0.137. The van der Waals surface area contributed by atoms with E-state index in [1.807, 2.05) is 12.1 Å². The van der Waals surface area contributed by atoms with E-state index in [9.17, 15) is 18.0 Å². The number of piperidine rings is 1. The van der Waals surface area contributed by atoms with Crippen LogP contribution in [-0.2, 0) is 10.9 Å². The second-order valence-electron chi connectivity index (χ2n) is 8.43. The maximum atomic E-state index is 13.0.